The molecule has 0 aliphatic heterocycles. The van der Waals surface area contributed by atoms with Crippen LogP contribution in [-0.4, -0.2) is 28.2 Å². The highest BCUT2D eigenvalue weighted by atomic mass is 16.3. The lowest BCUT2D eigenvalue weighted by Crippen LogP contribution is -2.58. The van der Waals surface area contributed by atoms with E-state index in [1.165, 1.54) is 12.8 Å². The maximum atomic E-state index is 12.4. The van der Waals surface area contributed by atoms with Crippen molar-refractivity contribution in [1.82, 2.24) is 0 Å². The number of aliphatic hydroxyl groups is 2. The van der Waals surface area contributed by atoms with E-state index >= 15 is 0 Å². The summed E-state index contributed by atoms with van der Waals surface area (Å²) in [5.41, 5.74) is -0.214. The Kier molecular flexibility index (Phi) is 3.30. The molecule has 4 rings (SSSR count). The molecule has 22 heavy (non-hydrogen) atoms. The average Bonchev–Trinajstić information content (AvgIpc) is 2.79. The van der Waals surface area contributed by atoms with Gasteiger partial charge in [-0.15, -0.1) is 0 Å². The van der Waals surface area contributed by atoms with Crippen molar-refractivity contribution in [3.8, 4) is 0 Å². The lowest BCUT2D eigenvalue weighted by atomic mass is 9.44. The summed E-state index contributed by atoms with van der Waals surface area (Å²) in [6.07, 6.45) is 7.19. The maximum absolute atomic E-state index is 12.4. The van der Waals surface area contributed by atoms with E-state index in [0.29, 0.717) is 35.9 Å². The Hall–Kier alpha value is -0.410. The van der Waals surface area contributed by atoms with Crippen LogP contribution in [0.3, 0.4) is 0 Å². The number of Topliss-reactive ketones (excluding diaryl/α,β-unsaturated/α-hetero) is 1. The maximum Gasteiger partial charge on any atom is 0.141 e. The Morgan fingerprint density at radius 1 is 1.00 bits per heavy atom. The van der Waals surface area contributed by atoms with Gasteiger partial charge in [-0.25, -0.2) is 0 Å². The van der Waals surface area contributed by atoms with Crippen LogP contribution in [0.25, 0.3) is 0 Å². The molecule has 0 radical (unpaired) electrons. The molecule has 0 heterocycles. The number of carbonyl (C=O) groups is 1. The summed E-state index contributed by atoms with van der Waals surface area (Å²) in [7, 11) is 0. The van der Waals surface area contributed by atoms with E-state index in [4.69, 9.17) is 0 Å². The van der Waals surface area contributed by atoms with Crippen molar-refractivity contribution in [3.63, 3.8) is 0 Å². The van der Waals surface area contributed by atoms with E-state index in [1.807, 2.05) is 6.92 Å². The molecule has 2 N–H and O–H groups in total. The summed E-state index contributed by atoms with van der Waals surface area (Å²) in [6, 6.07) is 0. The minimum absolute atomic E-state index is 0.124. The quantitative estimate of drug-likeness (QED) is 0.723. The molecule has 0 bridgehead atoms. The molecule has 3 unspecified atom stereocenters. The summed E-state index contributed by atoms with van der Waals surface area (Å²) in [5.74, 6) is 2.44. The monoisotopic (exact) mass is 306 g/mol. The molecule has 4 aliphatic rings. The molecule has 0 aromatic rings. The van der Waals surface area contributed by atoms with Gasteiger partial charge in [0.05, 0.1) is 17.6 Å². The van der Waals surface area contributed by atoms with Crippen LogP contribution in [0.2, 0.25) is 0 Å². The standard InChI is InChI=1S/C19H30O3/c1-18-8-7-12(20)9-11(18)3-4-13-14-5-6-16(21)19(14,2)17(22)10-15(13)18/h11-15,17,20,22H,3-10H2,1-2H3/t11?,12?,13-,14-,15-,17?,18-,19-/m0/s1. The first-order valence-corrected chi connectivity index (χ1v) is 9.26. The molecule has 4 aliphatic carbocycles. The zero-order valence-electron chi connectivity index (χ0n) is 13.9. The van der Waals surface area contributed by atoms with Crippen molar-refractivity contribution >= 4 is 5.78 Å². The van der Waals surface area contributed by atoms with Crippen molar-refractivity contribution in [1.29, 1.82) is 0 Å². The van der Waals surface area contributed by atoms with Crippen LogP contribution in [0.15, 0.2) is 0 Å². The Labute approximate surface area is 133 Å². The first kappa shape index (κ1) is 15.1. The second kappa shape index (κ2) is 4.80. The van der Waals surface area contributed by atoms with E-state index in [9.17, 15) is 15.0 Å². The van der Waals surface area contributed by atoms with Gasteiger partial charge >= 0.3 is 0 Å². The minimum atomic E-state index is -0.474. The average molecular weight is 306 g/mol. The van der Waals surface area contributed by atoms with Crippen LogP contribution in [-0.2, 0) is 4.79 Å². The van der Waals surface area contributed by atoms with Crippen molar-refractivity contribution in [2.45, 2.75) is 77.4 Å². The van der Waals surface area contributed by atoms with Crippen LogP contribution < -0.4 is 0 Å². The van der Waals surface area contributed by atoms with Crippen molar-refractivity contribution in [2.24, 2.45) is 34.5 Å². The van der Waals surface area contributed by atoms with E-state index in [-0.39, 0.29) is 11.5 Å². The molecule has 0 spiro atoms. The number of carbonyl (C=O) groups excluding carboxylic acids is 1. The third-order valence-electron chi connectivity index (χ3n) is 8.46. The highest BCUT2D eigenvalue weighted by Crippen LogP contribution is 2.65. The van der Waals surface area contributed by atoms with Crippen LogP contribution in [0.5, 0.6) is 0 Å². The molecule has 4 saturated carbocycles. The van der Waals surface area contributed by atoms with Crippen LogP contribution in [0, 0.1) is 34.5 Å². The highest BCUT2D eigenvalue weighted by Gasteiger charge is 2.63. The number of fused-ring (bicyclic) bond motifs is 5. The second-order valence-corrected chi connectivity index (χ2v) is 9.08. The van der Waals surface area contributed by atoms with Crippen molar-refractivity contribution in [2.75, 3.05) is 0 Å². The Morgan fingerprint density at radius 2 is 1.77 bits per heavy atom. The van der Waals surface area contributed by atoms with Crippen molar-refractivity contribution in [3.05, 3.63) is 0 Å². The number of hydrogen-bond acceptors (Lipinski definition) is 3. The molecular formula is C19H30O3. The van der Waals surface area contributed by atoms with Gasteiger partial charge in [0.2, 0.25) is 0 Å². The van der Waals surface area contributed by atoms with Gasteiger partial charge in [0.25, 0.3) is 0 Å². The minimum Gasteiger partial charge on any atom is -0.393 e. The fourth-order valence-corrected chi connectivity index (χ4v) is 6.98. The summed E-state index contributed by atoms with van der Waals surface area (Å²) >= 11 is 0. The molecule has 0 aromatic heterocycles. The number of hydrogen-bond donors (Lipinski definition) is 2. The van der Waals surface area contributed by atoms with Crippen LogP contribution in [0.1, 0.15) is 65.2 Å². The Morgan fingerprint density at radius 3 is 2.55 bits per heavy atom. The summed E-state index contributed by atoms with van der Waals surface area (Å²) < 4.78 is 0. The molecular weight excluding hydrogens is 276 g/mol. The van der Waals surface area contributed by atoms with Crippen molar-refractivity contribution < 1.29 is 15.0 Å². The fraction of sp³-hybridized carbons (Fsp3) is 0.947. The van der Waals surface area contributed by atoms with E-state index in [0.717, 1.165) is 32.1 Å². The van der Waals surface area contributed by atoms with Gasteiger partial charge in [-0.2, -0.15) is 0 Å². The molecule has 0 aromatic carbocycles. The van der Waals surface area contributed by atoms with Gasteiger partial charge in [-0.1, -0.05) is 6.92 Å². The van der Waals surface area contributed by atoms with E-state index < -0.39 is 11.5 Å². The summed E-state index contributed by atoms with van der Waals surface area (Å²) in [6.45, 7) is 4.44. The smallest absolute Gasteiger partial charge is 0.141 e. The van der Waals surface area contributed by atoms with Gasteiger partial charge in [0, 0.05) is 6.42 Å². The summed E-state index contributed by atoms with van der Waals surface area (Å²) in [4.78, 5) is 12.4. The van der Waals surface area contributed by atoms with Gasteiger partial charge < -0.3 is 10.2 Å². The Balaban J connectivity index is 1.68. The predicted octanol–water partition coefficient (Wildman–Crippen LogP) is 2.93. The molecule has 124 valence electrons. The number of aliphatic hydroxyl groups excluding tert-OH is 2. The third-order valence-corrected chi connectivity index (χ3v) is 8.46. The molecule has 3 heteroatoms. The van der Waals surface area contributed by atoms with Gasteiger partial charge in [-0.3, -0.25) is 4.79 Å². The number of rotatable bonds is 0. The zero-order chi connectivity index (χ0) is 15.7. The topological polar surface area (TPSA) is 57.5 Å². The SMILES string of the molecule is C[C@]12CCC(O)CC1CC[C@@H]1[C@@H]2CC(O)[C@]2(C)C(=O)CC[C@@H]12. The number of ketones is 1. The summed E-state index contributed by atoms with van der Waals surface area (Å²) in [5, 5.41) is 20.9. The third kappa shape index (κ3) is 1.78. The lowest BCUT2D eigenvalue weighted by Gasteiger charge is -2.61. The Bertz CT molecular complexity index is 489. The zero-order valence-corrected chi connectivity index (χ0v) is 13.9. The lowest BCUT2D eigenvalue weighted by molar-refractivity contribution is -0.169. The van der Waals surface area contributed by atoms with Gasteiger partial charge in [0.15, 0.2) is 0 Å². The first-order valence-electron chi connectivity index (χ1n) is 9.26. The second-order valence-electron chi connectivity index (χ2n) is 9.08. The molecule has 4 fully saturated rings. The van der Waals surface area contributed by atoms with E-state index in [1.54, 1.807) is 0 Å². The van der Waals surface area contributed by atoms with Gasteiger partial charge in [0.1, 0.15) is 5.78 Å². The molecule has 8 atom stereocenters. The molecule has 3 nitrogen and oxygen atoms in total. The van der Waals surface area contributed by atoms with Gasteiger partial charge in [-0.05, 0) is 81.0 Å². The van der Waals surface area contributed by atoms with E-state index in [2.05, 4.69) is 6.92 Å². The highest BCUT2D eigenvalue weighted by molar-refractivity contribution is 5.87. The predicted molar refractivity (Wildman–Crippen MR) is 84.1 cm³/mol. The normalized spacial score (nSPS) is 57.9. The first-order chi connectivity index (χ1) is 10.4. The largest absolute Gasteiger partial charge is 0.393 e. The molecule has 0 saturated heterocycles. The van der Waals surface area contributed by atoms with Crippen LogP contribution >= 0.6 is 0 Å². The van der Waals surface area contributed by atoms with Crippen LogP contribution in [0.4, 0.5) is 0 Å². The fourth-order valence-electron chi connectivity index (χ4n) is 6.98. The molecule has 0 amide bonds.